The van der Waals surface area contributed by atoms with Gasteiger partial charge >= 0.3 is 5.97 Å². The average molecular weight is 317 g/mol. The van der Waals surface area contributed by atoms with Gasteiger partial charge < -0.3 is 9.47 Å². The van der Waals surface area contributed by atoms with Crippen LogP contribution in [0.1, 0.15) is 24.0 Å². The molecule has 3 nitrogen and oxygen atoms in total. The largest absolute Gasteiger partial charge is 0.496 e. The molecule has 0 saturated heterocycles. The van der Waals surface area contributed by atoms with Crippen LogP contribution in [0, 0.1) is 0 Å². The number of ether oxygens (including phenoxy) is 2. The molecule has 0 saturated carbocycles. The zero-order valence-electron chi connectivity index (χ0n) is 12.4. The molecule has 2 aromatic rings. The Morgan fingerprint density at radius 2 is 1.86 bits per heavy atom. The van der Waals surface area contributed by atoms with Gasteiger partial charge in [-0.1, -0.05) is 18.2 Å². The number of fused-ring (bicyclic) bond motifs is 2. The molecule has 4 heteroatoms. The van der Waals surface area contributed by atoms with Crippen LogP contribution in [-0.4, -0.2) is 13.1 Å². The van der Waals surface area contributed by atoms with Gasteiger partial charge in [0.05, 0.1) is 7.11 Å². The molecule has 0 unspecified atom stereocenters. The van der Waals surface area contributed by atoms with E-state index in [4.69, 9.17) is 21.1 Å². The average Bonchev–Trinajstić information content (AvgIpc) is 2.54. The van der Waals surface area contributed by atoms with Gasteiger partial charge in [0.1, 0.15) is 11.5 Å². The second-order valence-corrected chi connectivity index (χ2v) is 5.78. The Balaban J connectivity index is 2.35. The lowest BCUT2D eigenvalue weighted by molar-refractivity contribution is -0.128. The number of carbonyl (C=O) groups excluding carboxylic acids is 1. The summed E-state index contributed by atoms with van der Waals surface area (Å²) in [5.41, 5.74) is 2.18. The Morgan fingerprint density at radius 1 is 1.18 bits per heavy atom. The molecule has 0 spiro atoms. The Hall–Kier alpha value is -2.00. The standard InChI is InChI=1S/C18H17ClO3/c1-3-16(20)22-18-13-7-5-4-6-12(13)17(21-2)15-10-11(19)8-9-14(15)18/h3,8-10H,1,4-7H2,2H3. The number of methoxy groups -OCH3 is 1. The lowest BCUT2D eigenvalue weighted by Gasteiger charge is -2.24. The van der Waals surface area contributed by atoms with Gasteiger partial charge in [0.2, 0.25) is 0 Å². The molecule has 114 valence electrons. The molecule has 3 rings (SSSR count). The zero-order valence-corrected chi connectivity index (χ0v) is 13.2. The maximum atomic E-state index is 11.7. The summed E-state index contributed by atoms with van der Waals surface area (Å²) in [5, 5.41) is 2.35. The van der Waals surface area contributed by atoms with E-state index < -0.39 is 5.97 Å². The molecule has 0 amide bonds. The highest BCUT2D eigenvalue weighted by molar-refractivity contribution is 6.31. The van der Waals surface area contributed by atoms with Crippen LogP contribution in [0.15, 0.2) is 30.9 Å². The van der Waals surface area contributed by atoms with Gasteiger partial charge in [0.15, 0.2) is 0 Å². The fraction of sp³-hybridized carbons (Fsp3) is 0.278. The van der Waals surface area contributed by atoms with Crippen molar-refractivity contribution < 1.29 is 14.3 Å². The summed E-state index contributed by atoms with van der Waals surface area (Å²) in [5.74, 6) is 1.01. The summed E-state index contributed by atoms with van der Waals surface area (Å²) in [6.07, 6.45) is 5.16. The number of halogens is 1. The van der Waals surface area contributed by atoms with Gasteiger partial charge in [-0.15, -0.1) is 0 Å². The maximum Gasteiger partial charge on any atom is 0.335 e. The van der Waals surface area contributed by atoms with Gasteiger partial charge in [0, 0.05) is 33.0 Å². The molecule has 0 aromatic heterocycles. The van der Waals surface area contributed by atoms with E-state index in [2.05, 4.69) is 6.58 Å². The highest BCUT2D eigenvalue weighted by Crippen LogP contribution is 2.44. The van der Waals surface area contributed by atoms with E-state index in [1.165, 1.54) is 6.08 Å². The predicted octanol–water partition coefficient (Wildman–Crippen LogP) is 4.47. The number of benzene rings is 2. The summed E-state index contributed by atoms with van der Waals surface area (Å²) in [6, 6.07) is 5.53. The van der Waals surface area contributed by atoms with Crippen LogP contribution in [-0.2, 0) is 17.6 Å². The van der Waals surface area contributed by atoms with E-state index in [-0.39, 0.29) is 0 Å². The molecule has 22 heavy (non-hydrogen) atoms. The predicted molar refractivity (Wildman–Crippen MR) is 88.0 cm³/mol. The lowest BCUT2D eigenvalue weighted by Crippen LogP contribution is -2.12. The number of hydrogen-bond acceptors (Lipinski definition) is 3. The van der Waals surface area contributed by atoms with Crippen LogP contribution in [0.3, 0.4) is 0 Å². The number of hydrogen-bond donors (Lipinski definition) is 0. The van der Waals surface area contributed by atoms with Gasteiger partial charge in [-0.2, -0.15) is 0 Å². The first kappa shape index (κ1) is 14.9. The minimum Gasteiger partial charge on any atom is -0.496 e. The van der Waals surface area contributed by atoms with Gasteiger partial charge in [-0.25, -0.2) is 4.79 Å². The van der Waals surface area contributed by atoms with E-state index in [1.807, 2.05) is 12.1 Å². The van der Waals surface area contributed by atoms with E-state index in [9.17, 15) is 4.79 Å². The number of rotatable bonds is 3. The summed E-state index contributed by atoms with van der Waals surface area (Å²) >= 11 is 6.14. The lowest BCUT2D eigenvalue weighted by atomic mass is 9.87. The summed E-state index contributed by atoms with van der Waals surface area (Å²) in [6.45, 7) is 3.48. The second kappa shape index (κ2) is 6.01. The van der Waals surface area contributed by atoms with Gasteiger partial charge in [-0.05, 0) is 43.9 Å². The van der Waals surface area contributed by atoms with Crippen molar-refractivity contribution in [2.75, 3.05) is 7.11 Å². The molecule has 0 atom stereocenters. The van der Waals surface area contributed by atoms with Gasteiger partial charge in [0.25, 0.3) is 0 Å². The maximum absolute atomic E-state index is 11.7. The van der Waals surface area contributed by atoms with Crippen LogP contribution >= 0.6 is 11.6 Å². The van der Waals surface area contributed by atoms with Gasteiger partial charge in [-0.3, -0.25) is 0 Å². The molecule has 0 bridgehead atoms. The molecule has 2 aromatic carbocycles. The summed E-state index contributed by atoms with van der Waals surface area (Å²) in [4.78, 5) is 11.7. The van der Waals surface area contributed by atoms with Crippen molar-refractivity contribution in [1.82, 2.24) is 0 Å². The summed E-state index contributed by atoms with van der Waals surface area (Å²) in [7, 11) is 1.67. The van der Waals surface area contributed by atoms with Crippen molar-refractivity contribution in [3.8, 4) is 11.5 Å². The molecular weight excluding hydrogens is 300 g/mol. The minimum atomic E-state index is -0.450. The molecule has 0 radical (unpaired) electrons. The van der Waals surface area contributed by atoms with Crippen LogP contribution in [0.4, 0.5) is 0 Å². The van der Waals surface area contributed by atoms with E-state index in [1.54, 1.807) is 13.2 Å². The third-order valence-electron chi connectivity index (χ3n) is 4.06. The molecule has 0 aliphatic heterocycles. The topological polar surface area (TPSA) is 35.5 Å². The highest BCUT2D eigenvalue weighted by atomic mass is 35.5. The Morgan fingerprint density at radius 3 is 2.50 bits per heavy atom. The monoisotopic (exact) mass is 316 g/mol. The number of esters is 1. The molecule has 1 aliphatic rings. The molecule has 0 N–H and O–H groups in total. The normalized spacial score (nSPS) is 13.5. The van der Waals surface area contributed by atoms with Crippen LogP contribution in [0.2, 0.25) is 5.02 Å². The fourth-order valence-electron chi connectivity index (χ4n) is 3.13. The Labute approximate surface area is 134 Å². The second-order valence-electron chi connectivity index (χ2n) is 5.34. The third-order valence-corrected chi connectivity index (χ3v) is 4.30. The Kier molecular flexibility index (Phi) is 4.08. The van der Waals surface area contributed by atoms with E-state index in [0.717, 1.165) is 53.3 Å². The SMILES string of the molecule is C=CC(=O)Oc1c2c(c(OC)c3cc(Cl)ccc13)CCCC2. The quantitative estimate of drug-likeness (QED) is 0.476. The van der Waals surface area contributed by atoms with Crippen molar-refractivity contribution in [2.24, 2.45) is 0 Å². The van der Waals surface area contributed by atoms with Crippen LogP contribution in [0.25, 0.3) is 10.8 Å². The molecule has 0 heterocycles. The first-order valence-corrected chi connectivity index (χ1v) is 7.68. The van der Waals surface area contributed by atoms with Crippen molar-refractivity contribution in [3.63, 3.8) is 0 Å². The van der Waals surface area contributed by atoms with Crippen LogP contribution < -0.4 is 9.47 Å². The van der Waals surface area contributed by atoms with Crippen molar-refractivity contribution in [1.29, 1.82) is 0 Å². The van der Waals surface area contributed by atoms with E-state index in [0.29, 0.717) is 10.8 Å². The van der Waals surface area contributed by atoms with Crippen LogP contribution in [0.5, 0.6) is 11.5 Å². The van der Waals surface area contributed by atoms with Crippen molar-refractivity contribution in [3.05, 3.63) is 47.0 Å². The number of carbonyl (C=O) groups is 1. The summed E-state index contributed by atoms with van der Waals surface area (Å²) < 4.78 is 11.2. The molecule has 1 aliphatic carbocycles. The zero-order chi connectivity index (χ0) is 15.7. The smallest absolute Gasteiger partial charge is 0.335 e. The first-order chi connectivity index (χ1) is 10.7. The van der Waals surface area contributed by atoms with Crippen molar-refractivity contribution in [2.45, 2.75) is 25.7 Å². The third kappa shape index (κ3) is 2.46. The highest BCUT2D eigenvalue weighted by Gasteiger charge is 2.24. The van der Waals surface area contributed by atoms with Crippen molar-refractivity contribution >= 4 is 28.3 Å². The fourth-order valence-corrected chi connectivity index (χ4v) is 3.30. The van der Waals surface area contributed by atoms with E-state index >= 15 is 0 Å². The first-order valence-electron chi connectivity index (χ1n) is 7.31. The molecule has 0 fully saturated rings. The molecular formula is C18H17ClO3. The minimum absolute atomic E-state index is 0.450. The Bertz CT molecular complexity index is 765.